The third-order valence-electron chi connectivity index (χ3n) is 3.66. The smallest absolute Gasteiger partial charge is 0.344 e. The minimum absolute atomic E-state index is 0.00743. The van der Waals surface area contributed by atoms with E-state index in [1.54, 1.807) is 24.3 Å². The lowest BCUT2D eigenvalue weighted by atomic mass is 10.2. The van der Waals surface area contributed by atoms with Gasteiger partial charge in [0.1, 0.15) is 17.0 Å². The van der Waals surface area contributed by atoms with E-state index in [1.807, 2.05) is 6.07 Å². The van der Waals surface area contributed by atoms with Crippen LogP contribution in [-0.4, -0.2) is 28.4 Å². The first-order chi connectivity index (χ1) is 14.0. The normalized spacial score (nSPS) is 10.1. The standard InChI is InChI=1S/C20H15N3O6/c24-18(22-16-10-4-5-11-17(16)23(26)27)13-28-20(25)15-9-6-12-21-19(15)29-14-7-2-1-3-8-14/h1-12H,13H2,(H,22,24). The van der Waals surface area contributed by atoms with E-state index in [0.717, 1.165) is 0 Å². The number of nitro groups is 1. The van der Waals surface area contributed by atoms with Gasteiger partial charge in [0.2, 0.25) is 5.88 Å². The number of hydrogen-bond donors (Lipinski definition) is 1. The van der Waals surface area contributed by atoms with Gasteiger partial charge >= 0.3 is 5.97 Å². The quantitative estimate of drug-likeness (QED) is 0.370. The van der Waals surface area contributed by atoms with Gasteiger partial charge in [0, 0.05) is 12.3 Å². The fourth-order valence-electron chi connectivity index (χ4n) is 2.36. The molecule has 9 nitrogen and oxygen atoms in total. The Balaban J connectivity index is 1.64. The van der Waals surface area contributed by atoms with Crippen LogP contribution in [0.5, 0.6) is 11.6 Å². The number of para-hydroxylation sites is 3. The predicted molar refractivity (Wildman–Crippen MR) is 103 cm³/mol. The predicted octanol–water partition coefficient (Wildman–Crippen LogP) is 3.58. The molecule has 3 aromatic rings. The summed E-state index contributed by atoms with van der Waals surface area (Å²) in [4.78, 5) is 38.8. The summed E-state index contributed by atoms with van der Waals surface area (Å²) in [5.74, 6) is -1.03. The van der Waals surface area contributed by atoms with Gasteiger partial charge in [-0.1, -0.05) is 30.3 Å². The maximum Gasteiger partial charge on any atom is 0.344 e. The number of carbonyl (C=O) groups is 2. The molecule has 1 aromatic heterocycles. The molecule has 0 saturated carbocycles. The molecule has 3 rings (SSSR count). The fraction of sp³-hybridized carbons (Fsp3) is 0.0500. The molecule has 0 unspecified atom stereocenters. The van der Waals surface area contributed by atoms with E-state index in [2.05, 4.69) is 10.3 Å². The van der Waals surface area contributed by atoms with E-state index < -0.39 is 23.4 Å². The highest BCUT2D eigenvalue weighted by molar-refractivity contribution is 5.97. The number of aromatic nitrogens is 1. The first-order valence-corrected chi connectivity index (χ1v) is 8.43. The van der Waals surface area contributed by atoms with Crippen molar-refractivity contribution in [3.63, 3.8) is 0 Å². The molecule has 0 atom stereocenters. The molecule has 29 heavy (non-hydrogen) atoms. The van der Waals surface area contributed by atoms with Crippen molar-refractivity contribution in [3.8, 4) is 11.6 Å². The number of carbonyl (C=O) groups excluding carboxylic acids is 2. The number of nitro benzene ring substituents is 1. The largest absolute Gasteiger partial charge is 0.452 e. The number of amides is 1. The highest BCUT2D eigenvalue weighted by Crippen LogP contribution is 2.24. The number of pyridine rings is 1. The molecule has 1 amide bonds. The summed E-state index contributed by atoms with van der Waals surface area (Å²) in [7, 11) is 0. The summed E-state index contributed by atoms with van der Waals surface area (Å²) >= 11 is 0. The third-order valence-corrected chi connectivity index (χ3v) is 3.66. The third kappa shape index (κ3) is 5.13. The lowest BCUT2D eigenvalue weighted by Crippen LogP contribution is -2.21. The number of anilines is 1. The van der Waals surface area contributed by atoms with Gasteiger partial charge in [-0.15, -0.1) is 0 Å². The van der Waals surface area contributed by atoms with E-state index in [4.69, 9.17) is 9.47 Å². The van der Waals surface area contributed by atoms with Gasteiger partial charge in [-0.3, -0.25) is 14.9 Å². The average molecular weight is 393 g/mol. The van der Waals surface area contributed by atoms with Crippen LogP contribution >= 0.6 is 0 Å². The average Bonchev–Trinajstić information content (AvgIpc) is 2.73. The van der Waals surface area contributed by atoms with Crippen molar-refractivity contribution in [1.82, 2.24) is 4.98 Å². The Kier molecular flexibility index (Phi) is 6.11. The Bertz CT molecular complexity index is 1040. The monoisotopic (exact) mass is 393 g/mol. The molecule has 0 saturated heterocycles. The highest BCUT2D eigenvalue weighted by Gasteiger charge is 2.19. The number of nitrogens with one attached hydrogen (secondary N) is 1. The maximum absolute atomic E-state index is 12.4. The van der Waals surface area contributed by atoms with Crippen LogP contribution in [0.25, 0.3) is 0 Å². The van der Waals surface area contributed by atoms with Gasteiger partial charge in [-0.25, -0.2) is 9.78 Å². The second-order valence-electron chi connectivity index (χ2n) is 5.67. The number of hydrogen-bond acceptors (Lipinski definition) is 7. The second kappa shape index (κ2) is 9.09. The van der Waals surface area contributed by atoms with Crippen LogP contribution in [-0.2, 0) is 9.53 Å². The van der Waals surface area contributed by atoms with E-state index in [0.29, 0.717) is 5.75 Å². The minimum atomic E-state index is -0.818. The van der Waals surface area contributed by atoms with E-state index in [9.17, 15) is 19.7 Å². The summed E-state index contributed by atoms with van der Waals surface area (Å²) < 4.78 is 10.6. The molecule has 0 bridgehead atoms. The van der Waals surface area contributed by atoms with Crippen molar-refractivity contribution >= 4 is 23.3 Å². The van der Waals surface area contributed by atoms with Gasteiger partial charge in [-0.05, 0) is 30.3 Å². The molecule has 146 valence electrons. The van der Waals surface area contributed by atoms with Gasteiger partial charge in [0.05, 0.1) is 4.92 Å². The fourth-order valence-corrected chi connectivity index (χ4v) is 2.36. The molecule has 1 N–H and O–H groups in total. The molecule has 1 heterocycles. The molecule has 0 aliphatic carbocycles. The SMILES string of the molecule is O=C(COC(=O)c1cccnc1Oc1ccccc1)Nc1ccccc1[N+](=O)[O-]. The van der Waals surface area contributed by atoms with Crippen LogP contribution in [0.15, 0.2) is 72.9 Å². The number of esters is 1. The Morgan fingerprint density at radius 2 is 1.72 bits per heavy atom. The molecular formula is C20H15N3O6. The first-order valence-electron chi connectivity index (χ1n) is 8.43. The molecule has 0 radical (unpaired) electrons. The molecule has 2 aromatic carbocycles. The molecule has 0 aliphatic rings. The number of benzene rings is 2. The number of rotatable bonds is 7. The lowest BCUT2D eigenvalue weighted by Gasteiger charge is -2.10. The summed E-state index contributed by atoms with van der Waals surface area (Å²) in [6.45, 7) is -0.634. The van der Waals surface area contributed by atoms with Crippen molar-refractivity contribution in [2.75, 3.05) is 11.9 Å². The summed E-state index contributed by atoms with van der Waals surface area (Å²) in [6.07, 6.45) is 1.45. The van der Waals surface area contributed by atoms with E-state index >= 15 is 0 Å². The second-order valence-corrected chi connectivity index (χ2v) is 5.67. The lowest BCUT2D eigenvalue weighted by molar-refractivity contribution is -0.383. The van der Waals surface area contributed by atoms with Gasteiger partial charge in [0.15, 0.2) is 6.61 Å². The Labute approximate surface area is 165 Å². The topological polar surface area (TPSA) is 121 Å². The molecule has 0 aliphatic heterocycles. The summed E-state index contributed by atoms with van der Waals surface area (Å²) in [5, 5.41) is 13.3. The van der Waals surface area contributed by atoms with E-state index in [1.165, 1.54) is 42.6 Å². The maximum atomic E-state index is 12.4. The number of nitrogens with zero attached hydrogens (tertiary/aromatic N) is 2. The highest BCUT2D eigenvalue weighted by atomic mass is 16.6. The van der Waals surface area contributed by atoms with Crippen LogP contribution in [0.3, 0.4) is 0 Å². The zero-order chi connectivity index (χ0) is 20.6. The Morgan fingerprint density at radius 3 is 2.48 bits per heavy atom. The van der Waals surface area contributed by atoms with Gasteiger partial charge < -0.3 is 14.8 Å². The zero-order valence-corrected chi connectivity index (χ0v) is 15.0. The molecule has 0 spiro atoms. The van der Waals surface area contributed by atoms with E-state index in [-0.39, 0.29) is 22.8 Å². The van der Waals surface area contributed by atoms with Crippen molar-refractivity contribution in [3.05, 3.63) is 88.6 Å². The molecule has 0 fully saturated rings. The van der Waals surface area contributed by atoms with Crippen LogP contribution in [0.4, 0.5) is 11.4 Å². The van der Waals surface area contributed by atoms with Crippen molar-refractivity contribution in [2.45, 2.75) is 0 Å². The van der Waals surface area contributed by atoms with Crippen molar-refractivity contribution < 1.29 is 24.0 Å². The van der Waals surface area contributed by atoms with Crippen LogP contribution in [0.2, 0.25) is 0 Å². The summed E-state index contributed by atoms with van der Waals surface area (Å²) in [5.41, 5.74) is -0.221. The van der Waals surface area contributed by atoms with Crippen LogP contribution in [0, 0.1) is 10.1 Å². The number of ether oxygens (including phenoxy) is 2. The van der Waals surface area contributed by atoms with Gasteiger partial charge in [0.25, 0.3) is 11.6 Å². The molecule has 9 heteroatoms. The van der Waals surface area contributed by atoms with Crippen molar-refractivity contribution in [2.24, 2.45) is 0 Å². The first kappa shape index (κ1) is 19.5. The van der Waals surface area contributed by atoms with Crippen LogP contribution in [0.1, 0.15) is 10.4 Å². The minimum Gasteiger partial charge on any atom is -0.452 e. The Morgan fingerprint density at radius 1 is 1.00 bits per heavy atom. The summed E-state index contributed by atoms with van der Waals surface area (Å²) in [6, 6.07) is 17.4. The van der Waals surface area contributed by atoms with Crippen LogP contribution < -0.4 is 10.1 Å². The van der Waals surface area contributed by atoms with Gasteiger partial charge in [-0.2, -0.15) is 0 Å². The molecular weight excluding hydrogens is 378 g/mol. The Hall–Kier alpha value is -4.27. The van der Waals surface area contributed by atoms with Crippen molar-refractivity contribution in [1.29, 1.82) is 0 Å². The zero-order valence-electron chi connectivity index (χ0n) is 15.0.